The molecule has 0 saturated heterocycles. The number of amides is 1. The zero-order chi connectivity index (χ0) is 22.7. The van der Waals surface area contributed by atoms with Crippen molar-refractivity contribution in [3.05, 3.63) is 69.9 Å². The molecule has 1 aliphatic rings. The molecule has 3 aromatic rings. The van der Waals surface area contributed by atoms with Crippen molar-refractivity contribution in [1.29, 1.82) is 0 Å². The van der Waals surface area contributed by atoms with Crippen molar-refractivity contribution in [2.45, 2.75) is 30.7 Å². The second-order valence-corrected chi connectivity index (χ2v) is 9.85. The summed E-state index contributed by atoms with van der Waals surface area (Å²) in [6.07, 6.45) is 2.65. The standard InChI is InChI=1S/C23H24ClN3O4S/c1-31-12-11-26-32(29,30)17-8-5-15(6-9-17)14-25-23(28)22-18-3-2-4-20(18)27-21-10-7-16(24)13-19(21)22/h5-10,13,26H,2-4,11-12,14H2,1H3,(H,25,28). The lowest BCUT2D eigenvalue weighted by atomic mass is 10.0. The van der Waals surface area contributed by atoms with Gasteiger partial charge in [0, 0.05) is 36.3 Å². The van der Waals surface area contributed by atoms with E-state index in [1.165, 1.54) is 19.2 Å². The molecule has 2 aromatic carbocycles. The first-order valence-electron chi connectivity index (χ1n) is 10.4. The van der Waals surface area contributed by atoms with Crippen LogP contribution in [0.3, 0.4) is 0 Å². The molecule has 168 valence electrons. The molecular weight excluding hydrogens is 450 g/mol. The van der Waals surface area contributed by atoms with Crippen LogP contribution in [0.2, 0.25) is 5.02 Å². The van der Waals surface area contributed by atoms with E-state index < -0.39 is 10.0 Å². The van der Waals surface area contributed by atoms with Crippen LogP contribution in [0.25, 0.3) is 10.9 Å². The lowest BCUT2D eigenvalue weighted by Crippen LogP contribution is -2.27. The molecule has 0 bridgehead atoms. The highest BCUT2D eigenvalue weighted by atomic mass is 35.5. The maximum absolute atomic E-state index is 13.2. The number of aromatic nitrogens is 1. The zero-order valence-electron chi connectivity index (χ0n) is 17.7. The summed E-state index contributed by atoms with van der Waals surface area (Å²) in [7, 11) is -2.09. The van der Waals surface area contributed by atoms with Gasteiger partial charge in [-0.3, -0.25) is 9.78 Å². The first kappa shape index (κ1) is 22.7. The van der Waals surface area contributed by atoms with Gasteiger partial charge in [-0.2, -0.15) is 0 Å². The van der Waals surface area contributed by atoms with Gasteiger partial charge < -0.3 is 10.1 Å². The number of aryl methyl sites for hydroxylation is 1. The Labute approximate surface area is 192 Å². The normalized spacial score (nSPS) is 13.3. The quantitative estimate of drug-likeness (QED) is 0.489. The number of halogens is 1. The molecule has 0 radical (unpaired) electrons. The summed E-state index contributed by atoms with van der Waals surface area (Å²) >= 11 is 6.19. The number of sulfonamides is 1. The monoisotopic (exact) mass is 473 g/mol. The highest BCUT2D eigenvalue weighted by molar-refractivity contribution is 7.89. The summed E-state index contributed by atoms with van der Waals surface area (Å²) in [5, 5.41) is 4.27. The topological polar surface area (TPSA) is 97.4 Å². The van der Waals surface area contributed by atoms with E-state index in [4.69, 9.17) is 21.3 Å². The first-order valence-corrected chi connectivity index (χ1v) is 12.2. The molecule has 0 fully saturated rings. The maximum atomic E-state index is 13.2. The van der Waals surface area contributed by atoms with Crippen molar-refractivity contribution < 1.29 is 17.9 Å². The fourth-order valence-corrected chi connectivity index (χ4v) is 5.10. The van der Waals surface area contributed by atoms with Gasteiger partial charge in [0.2, 0.25) is 10.0 Å². The minimum Gasteiger partial charge on any atom is -0.383 e. The van der Waals surface area contributed by atoms with E-state index in [1.54, 1.807) is 24.3 Å². The van der Waals surface area contributed by atoms with Gasteiger partial charge in [-0.1, -0.05) is 23.7 Å². The Kier molecular flexibility index (Phi) is 6.76. The summed E-state index contributed by atoms with van der Waals surface area (Å²) in [5.41, 5.74) is 4.14. The number of nitrogens with zero attached hydrogens (tertiary/aromatic N) is 1. The Morgan fingerprint density at radius 2 is 1.94 bits per heavy atom. The molecule has 1 heterocycles. The predicted octanol–water partition coefficient (Wildman–Crippen LogP) is 3.23. The van der Waals surface area contributed by atoms with Crippen molar-refractivity contribution >= 4 is 38.4 Å². The number of fused-ring (bicyclic) bond motifs is 2. The summed E-state index contributed by atoms with van der Waals surface area (Å²) in [4.78, 5) is 18.0. The number of nitrogens with one attached hydrogen (secondary N) is 2. The average molecular weight is 474 g/mol. The predicted molar refractivity (Wildman–Crippen MR) is 123 cm³/mol. The van der Waals surface area contributed by atoms with Gasteiger partial charge in [-0.15, -0.1) is 0 Å². The highest BCUT2D eigenvalue weighted by Crippen LogP contribution is 2.31. The maximum Gasteiger partial charge on any atom is 0.252 e. The molecule has 1 aromatic heterocycles. The number of ether oxygens (including phenoxy) is 1. The molecule has 2 N–H and O–H groups in total. The van der Waals surface area contributed by atoms with Gasteiger partial charge in [-0.25, -0.2) is 13.1 Å². The lowest BCUT2D eigenvalue weighted by molar-refractivity contribution is 0.0951. The molecule has 7 nitrogen and oxygen atoms in total. The van der Waals surface area contributed by atoms with Gasteiger partial charge in [0.15, 0.2) is 0 Å². The molecule has 1 amide bonds. The molecule has 0 unspecified atom stereocenters. The van der Waals surface area contributed by atoms with Gasteiger partial charge in [0.05, 0.1) is 22.6 Å². The van der Waals surface area contributed by atoms with E-state index in [0.29, 0.717) is 17.2 Å². The van der Waals surface area contributed by atoms with Crippen LogP contribution in [0.4, 0.5) is 0 Å². The second kappa shape index (κ2) is 9.54. The van der Waals surface area contributed by atoms with Crippen LogP contribution < -0.4 is 10.0 Å². The van der Waals surface area contributed by atoms with E-state index in [2.05, 4.69) is 10.0 Å². The Bertz CT molecular complexity index is 1260. The third-order valence-electron chi connectivity index (χ3n) is 5.49. The highest BCUT2D eigenvalue weighted by Gasteiger charge is 2.24. The third-order valence-corrected chi connectivity index (χ3v) is 7.20. The average Bonchev–Trinajstić information content (AvgIpc) is 3.24. The minimum atomic E-state index is -3.60. The molecular formula is C23H24ClN3O4S. The largest absolute Gasteiger partial charge is 0.383 e. The zero-order valence-corrected chi connectivity index (χ0v) is 19.2. The van der Waals surface area contributed by atoms with Crippen LogP contribution in [0, 0.1) is 0 Å². The number of benzene rings is 2. The SMILES string of the molecule is COCCNS(=O)(=O)c1ccc(CNC(=O)c2c3c(nc4ccc(Cl)cc24)CCC3)cc1. The molecule has 1 aliphatic carbocycles. The van der Waals surface area contributed by atoms with Crippen LogP contribution >= 0.6 is 11.6 Å². The van der Waals surface area contributed by atoms with E-state index in [9.17, 15) is 13.2 Å². The van der Waals surface area contributed by atoms with Gasteiger partial charge in [0.25, 0.3) is 5.91 Å². The molecule has 32 heavy (non-hydrogen) atoms. The molecule has 4 rings (SSSR count). The van der Waals surface area contributed by atoms with Gasteiger partial charge in [-0.05, 0) is 60.7 Å². The van der Waals surface area contributed by atoms with Crippen molar-refractivity contribution in [2.24, 2.45) is 0 Å². The number of rotatable bonds is 8. The van der Waals surface area contributed by atoms with Gasteiger partial charge in [0.1, 0.15) is 0 Å². The molecule has 0 atom stereocenters. The first-order chi connectivity index (χ1) is 15.4. The second-order valence-electron chi connectivity index (χ2n) is 7.64. The number of carbonyl (C=O) groups is 1. The van der Waals surface area contributed by atoms with Crippen molar-refractivity contribution in [2.75, 3.05) is 20.3 Å². The summed E-state index contributed by atoms with van der Waals surface area (Å²) < 4.78 is 31.9. The lowest BCUT2D eigenvalue weighted by Gasteiger charge is -2.13. The third kappa shape index (κ3) is 4.78. The van der Waals surface area contributed by atoms with Crippen molar-refractivity contribution in [3.8, 4) is 0 Å². The Hall–Kier alpha value is -2.52. The van der Waals surface area contributed by atoms with E-state index in [0.717, 1.165) is 47.0 Å². The Morgan fingerprint density at radius 3 is 2.69 bits per heavy atom. The van der Waals surface area contributed by atoms with Crippen LogP contribution in [0.1, 0.15) is 33.6 Å². The molecule has 0 saturated carbocycles. The van der Waals surface area contributed by atoms with Crippen LogP contribution in [-0.2, 0) is 34.1 Å². The summed E-state index contributed by atoms with van der Waals surface area (Å²) in [6.45, 7) is 0.766. The summed E-state index contributed by atoms with van der Waals surface area (Å²) in [5.74, 6) is -0.184. The van der Waals surface area contributed by atoms with E-state index in [1.807, 2.05) is 6.07 Å². The number of hydrogen-bond donors (Lipinski definition) is 2. The molecule has 0 spiro atoms. The Morgan fingerprint density at radius 1 is 1.16 bits per heavy atom. The number of hydrogen-bond acceptors (Lipinski definition) is 5. The van der Waals surface area contributed by atoms with Crippen LogP contribution in [0.15, 0.2) is 47.4 Å². The van der Waals surface area contributed by atoms with E-state index in [-0.39, 0.29) is 23.9 Å². The van der Waals surface area contributed by atoms with Crippen molar-refractivity contribution in [1.82, 2.24) is 15.0 Å². The van der Waals surface area contributed by atoms with Gasteiger partial charge >= 0.3 is 0 Å². The number of carbonyl (C=O) groups excluding carboxylic acids is 1. The van der Waals surface area contributed by atoms with E-state index >= 15 is 0 Å². The summed E-state index contributed by atoms with van der Waals surface area (Å²) in [6, 6.07) is 11.8. The Balaban J connectivity index is 1.51. The van der Waals surface area contributed by atoms with Crippen LogP contribution in [-0.4, -0.2) is 39.6 Å². The minimum absolute atomic E-state index is 0.163. The molecule has 0 aliphatic heterocycles. The molecule has 9 heteroatoms. The number of methoxy groups -OCH3 is 1. The van der Waals surface area contributed by atoms with Crippen LogP contribution in [0.5, 0.6) is 0 Å². The van der Waals surface area contributed by atoms with Crippen molar-refractivity contribution in [3.63, 3.8) is 0 Å². The number of pyridine rings is 1. The smallest absolute Gasteiger partial charge is 0.252 e. The fraction of sp³-hybridized carbons (Fsp3) is 0.304. The fourth-order valence-electron chi connectivity index (χ4n) is 3.91.